The maximum atomic E-state index is 10.7. The summed E-state index contributed by atoms with van der Waals surface area (Å²) in [6.45, 7) is 2.41. The lowest BCUT2D eigenvalue weighted by molar-refractivity contribution is 0.0690. The molecule has 0 aliphatic heterocycles. The number of nitrogens with zero attached hydrogens (tertiary/aromatic N) is 3. The van der Waals surface area contributed by atoms with Gasteiger partial charge >= 0.3 is 5.97 Å². The number of carbonyl (C=O) groups is 1. The smallest absolute Gasteiger partial charge is 0.354 e. The van der Waals surface area contributed by atoms with Gasteiger partial charge in [0.05, 0.1) is 6.54 Å². The number of thiazole rings is 1. The first-order valence-electron chi connectivity index (χ1n) is 4.86. The van der Waals surface area contributed by atoms with Crippen molar-refractivity contribution in [1.29, 1.82) is 0 Å². The summed E-state index contributed by atoms with van der Waals surface area (Å²) in [6, 6.07) is 1.35. The number of hydrogen-bond donors (Lipinski definition) is 2. The molecule has 0 bridgehead atoms. The standard InChI is InChI=1S/C10H10N4O2S/c1-6-5-17-8(13-6)4-12-10-11-3-2-7(14-10)9(15)16/h2-3,5H,4H2,1H3,(H,15,16)(H,11,12,14). The fourth-order valence-corrected chi connectivity index (χ4v) is 1.91. The highest BCUT2D eigenvalue weighted by atomic mass is 32.1. The Kier molecular flexibility index (Phi) is 3.29. The summed E-state index contributed by atoms with van der Waals surface area (Å²) in [5, 5.41) is 14.6. The van der Waals surface area contributed by atoms with E-state index in [1.807, 2.05) is 12.3 Å². The van der Waals surface area contributed by atoms with E-state index in [1.165, 1.54) is 23.6 Å². The number of rotatable bonds is 4. The lowest BCUT2D eigenvalue weighted by Gasteiger charge is -2.02. The van der Waals surface area contributed by atoms with Crippen molar-refractivity contribution in [3.63, 3.8) is 0 Å². The molecule has 2 rings (SSSR count). The molecule has 7 heteroatoms. The lowest BCUT2D eigenvalue weighted by Crippen LogP contribution is -2.07. The maximum absolute atomic E-state index is 10.7. The third-order valence-corrected chi connectivity index (χ3v) is 2.91. The van der Waals surface area contributed by atoms with E-state index in [-0.39, 0.29) is 11.6 Å². The van der Waals surface area contributed by atoms with Crippen LogP contribution in [0.4, 0.5) is 5.95 Å². The van der Waals surface area contributed by atoms with E-state index < -0.39 is 5.97 Å². The normalized spacial score (nSPS) is 10.2. The van der Waals surface area contributed by atoms with Crippen LogP contribution in [-0.2, 0) is 6.54 Å². The SMILES string of the molecule is Cc1csc(CNc2nccc(C(=O)O)n2)n1. The van der Waals surface area contributed by atoms with Gasteiger partial charge in [-0.25, -0.2) is 19.7 Å². The molecule has 0 aliphatic rings. The number of carboxylic acids is 1. The van der Waals surface area contributed by atoms with Crippen LogP contribution in [-0.4, -0.2) is 26.0 Å². The molecule has 2 aromatic rings. The Morgan fingerprint density at radius 1 is 1.53 bits per heavy atom. The molecule has 2 N–H and O–H groups in total. The Bertz CT molecular complexity index is 541. The minimum atomic E-state index is -1.07. The molecule has 0 fully saturated rings. The Labute approximate surface area is 101 Å². The zero-order valence-corrected chi connectivity index (χ0v) is 9.86. The zero-order chi connectivity index (χ0) is 12.3. The molecule has 0 saturated heterocycles. The van der Waals surface area contributed by atoms with Gasteiger partial charge in [0.25, 0.3) is 0 Å². The number of nitrogens with one attached hydrogen (secondary N) is 1. The van der Waals surface area contributed by atoms with Gasteiger partial charge < -0.3 is 10.4 Å². The van der Waals surface area contributed by atoms with Gasteiger partial charge in [-0.15, -0.1) is 11.3 Å². The van der Waals surface area contributed by atoms with Crippen molar-refractivity contribution in [3.05, 3.63) is 34.0 Å². The summed E-state index contributed by atoms with van der Waals surface area (Å²) in [5.41, 5.74) is 0.935. The van der Waals surface area contributed by atoms with Crippen molar-refractivity contribution < 1.29 is 9.90 Å². The Balaban J connectivity index is 2.04. The topological polar surface area (TPSA) is 88.0 Å². The summed E-state index contributed by atoms with van der Waals surface area (Å²) in [4.78, 5) is 22.8. The fourth-order valence-electron chi connectivity index (χ4n) is 1.20. The predicted octanol–water partition coefficient (Wildman–Crippen LogP) is 1.55. The molecule has 0 saturated carbocycles. The fraction of sp³-hybridized carbons (Fsp3) is 0.200. The van der Waals surface area contributed by atoms with Crippen LogP contribution < -0.4 is 5.32 Å². The first-order chi connectivity index (χ1) is 8.15. The number of anilines is 1. The van der Waals surface area contributed by atoms with Gasteiger partial charge in [-0.1, -0.05) is 0 Å². The van der Waals surface area contributed by atoms with Gasteiger partial charge in [0.1, 0.15) is 5.01 Å². The van der Waals surface area contributed by atoms with E-state index >= 15 is 0 Å². The summed E-state index contributed by atoms with van der Waals surface area (Å²) >= 11 is 1.53. The first kappa shape index (κ1) is 11.5. The van der Waals surface area contributed by atoms with Crippen LogP contribution in [0.15, 0.2) is 17.6 Å². The third kappa shape index (κ3) is 2.97. The van der Waals surface area contributed by atoms with Crippen LogP contribution in [0.2, 0.25) is 0 Å². The van der Waals surface area contributed by atoms with Gasteiger partial charge in [0, 0.05) is 17.3 Å². The molecule has 0 unspecified atom stereocenters. The van der Waals surface area contributed by atoms with Crippen molar-refractivity contribution in [1.82, 2.24) is 15.0 Å². The number of aromatic carboxylic acids is 1. The summed E-state index contributed by atoms with van der Waals surface area (Å²) in [5.74, 6) is -0.779. The Morgan fingerprint density at radius 3 is 3.00 bits per heavy atom. The average Bonchev–Trinajstić information content (AvgIpc) is 2.73. The minimum absolute atomic E-state index is 0.0298. The van der Waals surface area contributed by atoms with Crippen molar-refractivity contribution in [2.24, 2.45) is 0 Å². The first-order valence-corrected chi connectivity index (χ1v) is 5.74. The van der Waals surface area contributed by atoms with Crippen molar-refractivity contribution in [3.8, 4) is 0 Å². The second kappa shape index (κ2) is 4.88. The van der Waals surface area contributed by atoms with Crippen molar-refractivity contribution in [2.45, 2.75) is 13.5 Å². The quantitative estimate of drug-likeness (QED) is 0.856. The second-order valence-corrected chi connectivity index (χ2v) is 4.25. The van der Waals surface area contributed by atoms with Crippen LogP contribution in [0.1, 0.15) is 21.2 Å². The molecule has 0 radical (unpaired) electrons. The minimum Gasteiger partial charge on any atom is -0.477 e. The van der Waals surface area contributed by atoms with E-state index in [0.717, 1.165) is 10.7 Å². The molecule has 0 aromatic carbocycles. The Hall–Kier alpha value is -2.02. The highest BCUT2D eigenvalue weighted by Gasteiger charge is 2.06. The van der Waals surface area contributed by atoms with Gasteiger partial charge in [0.2, 0.25) is 5.95 Å². The van der Waals surface area contributed by atoms with Crippen LogP contribution in [0.25, 0.3) is 0 Å². The van der Waals surface area contributed by atoms with Crippen LogP contribution in [0.3, 0.4) is 0 Å². The largest absolute Gasteiger partial charge is 0.477 e. The third-order valence-electron chi connectivity index (χ3n) is 1.94. The van der Waals surface area contributed by atoms with Crippen LogP contribution in [0.5, 0.6) is 0 Å². The van der Waals surface area contributed by atoms with E-state index in [1.54, 1.807) is 0 Å². The molecule has 0 atom stereocenters. The van der Waals surface area contributed by atoms with E-state index in [4.69, 9.17) is 5.11 Å². The summed E-state index contributed by atoms with van der Waals surface area (Å²) < 4.78 is 0. The molecule has 88 valence electrons. The number of aromatic nitrogens is 3. The van der Waals surface area contributed by atoms with Gasteiger partial charge in [-0.05, 0) is 13.0 Å². The van der Waals surface area contributed by atoms with E-state index in [9.17, 15) is 4.79 Å². The molecular weight excluding hydrogens is 240 g/mol. The van der Waals surface area contributed by atoms with E-state index in [0.29, 0.717) is 6.54 Å². The van der Waals surface area contributed by atoms with Gasteiger partial charge in [0.15, 0.2) is 5.69 Å². The predicted molar refractivity (Wildman–Crippen MR) is 63.2 cm³/mol. The lowest BCUT2D eigenvalue weighted by atomic mass is 10.4. The second-order valence-electron chi connectivity index (χ2n) is 3.31. The Morgan fingerprint density at radius 2 is 2.35 bits per heavy atom. The summed E-state index contributed by atoms with van der Waals surface area (Å²) in [6.07, 6.45) is 1.41. The molecule has 17 heavy (non-hydrogen) atoms. The molecule has 0 aliphatic carbocycles. The molecule has 2 heterocycles. The molecule has 0 amide bonds. The molecule has 6 nitrogen and oxygen atoms in total. The van der Waals surface area contributed by atoms with Crippen molar-refractivity contribution >= 4 is 23.3 Å². The molecule has 0 spiro atoms. The van der Waals surface area contributed by atoms with Gasteiger partial charge in [-0.2, -0.15) is 0 Å². The maximum Gasteiger partial charge on any atom is 0.354 e. The number of hydrogen-bond acceptors (Lipinski definition) is 6. The van der Waals surface area contributed by atoms with Crippen molar-refractivity contribution in [2.75, 3.05) is 5.32 Å². The number of carboxylic acid groups (broad SMARTS) is 1. The highest BCUT2D eigenvalue weighted by Crippen LogP contribution is 2.10. The zero-order valence-electron chi connectivity index (χ0n) is 9.04. The van der Waals surface area contributed by atoms with E-state index in [2.05, 4.69) is 20.3 Å². The monoisotopic (exact) mass is 250 g/mol. The van der Waals surface area contributed by atoms with Gasteiger partial charge in [-0.3, -0.25) is 0 Å². The van der Waals surface area contributed by atoms with Crippen LogP contribution >= 0.6 is 11.3 Å². The summed E-state index contributed by atoms with van der Waals surface area (Å²) in [7, 11) is 0. The molecular formula is C10H10N4O2S. The van der Waals surface area contributed by atoms with Crippen LogP contribution in [0, 0.1) is 6.92 Å². The number of aryl methyl sites for hydroxylation is 1. The average molecular weight is 250 g/mol. The highest BCUT2D eigenvalue weighted by molar-refractivity contribution is 7.09. The molecule has 2 aromatic heterocycles.